The summed E-state index contributed by atoms with van der Waals surface area (Å²) in [5, 5.41) is 3.21. The summed E-state index contributed by atoms with van der Waals surface area (Å²) < 4.78 is 25.5. The van der Waals surface area contributed by atoms with E-state index in [1.807, 2.05) is 54.6 Å². The van der Waals surface area contributed by atoms with Crippen LogP contribution in [0.3, 0.4) is 0 Å². The molecule has 6 heterocycles. The fourth-order valence-electron chi connectivity index (χ4n) is 6.74. The van der Waals surface area contributed by atoms with Crippen molar-refractivity contribution in [3.05, 3.63) is 164 Å². The standard InChI is InChI=1S/C42H27N3O3/c1-4-16-37-28(10-1)22-40(46-37)34-13-7-19-43(34)31-25-32(44-20-8-14-35(44)41-23-29-11-2-5-17-38(29)47-41)27-33(26-31)45-21-9-15-36(45)42-24-30-12-3-6-18-39(30)48-42/h1-27H. The topological polar surface area (TPSA) is 54.2 Å². The summed E-state index contributed by atoms with van der Waals surface area (Å²) >= 11 is 0. The van der Waals surface area contributed by atoms with Crippen LogP contribution < -0.4 is 0 Å². The average molecular weight is 622 g/mol. The van der Waals surface area contributed by atoms with Gasteiger partial charge in [-0.2, -0.15) is 0 Å². The number of para-hydroxylation sites is 3. The maximum absolute atomic E-state index is 6.34. The fraction of sp³-hybridized carbons (Fsp3) is 0. The number of furan rings is 3. The molecule has 0 amide bonds. The fourth-order valence-corrected chi connectivity index (χ4v) is 6.74. The van der Waals surface area contributed by atoms with E-state index in [0.29, 0.717) is 0 Å². The maximum atomic E-state index is 6.34. The van der Waals surface area contributed by atoms with Crippen molar-refractivity contribution in [2.75, 3.05) is 0 Å². The number of hydrogen-bond acceptors (Lipinski definition) is 3. The number of benzene rings is 4. The molecule has 6 aromatic heterocycles. The van der Waals surface area contributed by atoms with Gasteiger partial charge in [0.15, 0.2) is 17.3 Å². The molecule has 0 aliphatic carbocycles. The lowest BCUT2D eigenvalue weighted by molar-refractivity contribution is 0.626. The molecule has 228 valence electrons. The van der Waals surface area contributed by atoms with Crippen LogP contribution in [0.1, 0.15) is 0 Å². The summed E-state index contributed by atoms with van der Waals surface area (Å²) in [5.74, 6) is 2.42. The van der Waals surface area contributed by atoms with Gasteiger partial charge in [0.2, 0.25) is 0 Å². The Kier molecular flexibility index (Phi) is 5.77. The number of hydrogen-bond donors (Lipinski definition) is 0. The van der Waals surface area contributed by atoms with Crippen LogP contribution in [-0.2, 0) is 0 Å². The molecule has 0 N–H and O–H groups in total. The summed E-state index contributed by atoms with van der Waals surface area (Å²) in [6.07, 6.45) is 6.24. The highest BCUT2D eigenvalue weighted by Crippen LogP contribution is 2.36. The van der Waals surface area contributed by atoms with Crippen molar-refractivity contribution < 1.29 is 13.3 Å². The van der Waals surface area contributed by atoms with Gasteiger partial charge in [0.1, 0.15) is 16.7 Å². The highest BCUT2D eigenvalue weighted by atomic mass is 16.3. The lowest BCUT2D eigenvalue weighted by Crippen LogP contribution is -2.03. The normalized spacial score (nSPS) is 11.8. The third-order valence-electron chi connectivity index (χ3n) is 9.00. The van der Waals surface area contributed by atoms with E-state index in [0.717, 1.165) is 84.3 Å². The minimum absolute atomic E-state index is 0.806. The van der Waals surface area contributed by atoms with Gasteiger partial charge in [-0.25, -0.2) is 0 Å². The van der Waals surface area contributed by atoms with Crippen molar-refractivity contribution in [1.82, 2.24) is 13.7 Å². The summed E-state index contributed by atoms with van der Waals surface area (Å²) in [5.41, 5.74) is 8.42. The maximum Gasteiger partial charge on any atom is 0.152 e. The molecule has 0 saturated heterocycles. The molecule has 48 heavy (non-hydrogen) atoms. The van der Waals surface area contributed by atoms with E-state index in [2.05, 4.69) is 123 Å². The summed E-state index contributed by atoms with van der Waals surface area (Å²) in [6.45, 7) is 0. The first-order valence-electron chi connectivity index (χ1n) is 15.9. The zero-order valence-corrected chi connectivity index (χ0v) is 25.7. The highest BCUT2D eigenvalue weighted by Gasteiger charge is 2.18. The Balaban J connectivity index is 1.17. The Morgan fingerprint density at radius 3 is 0.938 bits per heavy atom. The largest absolute Gasteiger partial charge is 0.455 e. The Hall–Kier alpha value is -6.66. The number of fused-ring (bicyclic) bond motifs is 3. The lowest BCUT2D eigenvalue weighted by Gasteiger charge is -2.17. The second kappa shape index (κ2) is 10.4. The van der Waals surface area contributed by atoms with Crippen LogP contribution in [0.15, 0.2) is 177 Å². The van der Waals surface area contributed by atoms with E-state index in [1.54, 1.807) is 0 Å². The smallest absolute Gasteiger partial charge is 0.152 e. The molecule has 10 rings (SSSR count). The third-order valence-corrected chi connectivity index (χ3v) is 9.00. The van der Waals surface area contributed by atoms with E-state index in [9.17, 15) is 0 Å². The second-order valence-electron chi connectivity index (χ2n) is 11.9. The van der Waals surface area contributed by atoms with Crippen LogP contribution in [0.25, 0.3) is 84.3 Å². The SMILES string of the molecule is c1ccc2oc(-c3cccn3-c3cc(-n4cccc4-c4cc5ccccc5o4)cc(-n4cccc4-c4cc5ccccc5o4)c3)cc2c1. The summed E-state index contributed by atoms with van der Waals surface area (Å²) in [4.78, 5) is 0. The average Bonchev–Trinajstić information content (AvgIpc) is 3.97. The van der Waals surface area contributed by atoms with Crippen molar-refractivity contribution >= 4 is 32.9 Å². The zero-order valence-electron chi connectivity index (χ0n) is 25.7. The van der Waals surface area contributed by atoms with E-state index in [-0.39, 0.29) is 0 Å². The molecular weight excluding hydrogens is 594 g/mol. The Bertz CT molecular complexity index is 2350. The predicted octanol–water partition coefficient (Wildman–Crippen LogP) is 11.3. The van der Waals surface area contributed by atoms with Crippen molar-refractivity contribution in [2.45, 2.75) is 0 Å². The molecule has 4 aromatic carbocycles. The Morgan fingerprint density at radius 1 is 0.312 bits per heavy atom. The van der Waals surface area contributed by atoms with Gasteiger partial charge in [0, 0.05) is 51.8 Å². The van der Waals surface area contributed by atoms with Crippen LogP contribution in [0.2, 0.25) is 0 Å². The van der Waals surface area contributed by atoms with Gasteiger partial charge >= 0.3 is 0 Å². The van der Waals surface area contributed by atoms with Crippen molar-refractivity contribution in [3.8, 4) is 51.4 Å². The minimum atomic E-state index is 0.806. The minimum Gasteiger partial charge on any atom is -0.455 e. The Labute approximate surface area is 274 Å². The van der Waals surface area contributed by atoms with Crippen LogP contribution in [0.4, 0.5) is 0 Å². The van der Waals surface area contributed by atoms with Gasteiger partial charge in [-0.05, 0) is 91.0 Å². The van der Waals surface area contributed by atoms with E-state index in [4.69, 9.17) is 13.3 Å². The molecule has 0 atom stereocenters. The van der Waals surface area contributed by atoms with Crippen LogP contribution in [0, 0.1) is 0 Å². The van der Waals surface area contributed by atoms with E-state index in [1.165, 1.54) is 0 Å². The molecule has 6 heteroatoms. The van der Waals surface area contributed by atoms with Crippen LogP contribution in [0.5, 0.6) is 0 Å². The molecular formula is C42H27N3O3. The summed E-state index contributed by atoms with van der Waals surface area (Å²) in [6, 6.07) is 49.7. The van der Waals surface area contributed by atoms with Gasteiger partial charge < -0.3 is 27.0 Å². The second-order valence-corrected chi connectivity index (χ2v) is 11.9. The van der Waals surface area contributed by atoms with Gasteiger partial charge in [-0.15, -0.1) is 0 Å². The first-order chi connectivity index (χ1) is 23.7. The quantitative estimate of drug-likeness (QED) is 0.186. The molecule has 10 aromatic rings. The van der Waals surface area contributed by atoms with Crippen LogP contribution >= 0.6 is 0 Å². The number of aromatic nitrogens is 3. The summed E-state index contributed by atoms with van der Waals surface area (Å²) in [7, 11) is 0. The van der Waals surface area contributed by atoms with Crippen LogP contribution in [-0.4, -0.2) is 13.7 Å². The monoisotopic (exact) mass is 621 g/mol. The first kappa shape index (κ1) is 26.5. The van der Waals surface area contributed by atoms with Gasteiger partial charge in [-0.1, -0.05) is 54.6 Å². The Morgan fingerprint density at radius 2 is 0.625 bits per heavy atom. The zero-order chi connectivity index (χ0) is 31.6. The molecule has 0 aliphatic rings. The molecule has 0 fully saturated rings. The first-order valence-corrected chi connectivity index (χ1v) is 15.9. The van der Waals surface area contributed by atoms with E-state index < -0.39 is 0 Å². The third kappa shape index (κ3) is 4.27. The number of nitrogens with zero attached hydrogens (tertiary/aromatic N) is 3. The van der Waals surface area contributed by atoms with Crippen molar-refractivity contribution in [1.29, 1.82) is 0 Å². The lowest BCUT2D eigenvalue weighted by atomic mass is 10.2. The molecule has 0 unspecified atom stereocenters. The van der Waals surface area contributed by atoms with Crippen molar-refractivity contribution in [2.24, 2.45) is 0 Å². The molecule has 0 saturated carbocycles. The molecule has 0 spiro atoms. The molecule has 6 nitrogen and oxygen atoms in total. The predicted molar refractivity (Wildman–Crippen MR) is 190 cm³/mol. The molecule has 0 aliphatic heterocycles. The van der Waals surface area contributed by atoms with Crippen molar-refractivity contribution in [3.63, 3.8) is 0 Å². The van der Waals surface area contributed by atoms with E-state index >= 15 is 0 Å². The van der Waals surface area contributed by atoms with Gasteiger partial charge in [0.25, 0.3) is 0 Å². The molecule has 0 bridgehead atoms. The molecule has 0 radical (unpaired) electrons. The highest BCUT2D eigenvalue weighted by molar-refractivity contribution is 5.85. The van der Waals surface area contributed by atoms with Gasteiger partial charge in [0.05, 0.1) is 17.1 Å². The van der Waals surface area contributed by atoms with Gasteiger partial charge in [-0.3, -0.25) is 0 Å². The number of rotatable bonds is 6.